The lowest BCUT2D eigenvalue weighted by atomic mass is 10.1. The normalized spacial score (nSPS) is 12.5. The third-order valence-electron chi connectivity index (χ3n) is 4.41. The Balaban J connectivity index is 1.82. The van der Waals surface area contributed by atoms with Crippen LogP contribution >= 0.6 is 0 Å². The predicted octanol–water partition coefficient (Wildman–Crippen LogP) is 3.46. The quantitative estimate of drug-likeness (QED) is 0.215. The fourth-order valence-electron chi connectivity index (χ4n) is 2.93. The van der Waals surface area contributed by atoms with Crippen LogP contribution in [-0.4, -0.2) is 42.8 Å². The Morgan fingerprint density at radius 3 is 2.58 bits per heavy atom. The number of fused-ring (bicyclic) bond motifs is 1. The number of anilines is 1. The van der Waals surface area contributed by atoms with E-state index in [0.29, 0.717) is 16.7 Å². The first-order valence-corrected chi connectivity index (χ1v) is 11.3. The van der Waals surface area contributed by atoms with Gasteiger partial charge in [-0.3, -0.25) is 14.3 Å². The Morgan fingerprint density at radius 1 is 1.16 bits per heavy atom. The maximum Gasteiger partial charge on any atom is 0.311 e. The molecule has 1 aromatic heterocycles. The molecular formula is C20H22N4O6S. The van der Waals surface area contributed by atoms with Crippen LogP contribution in [0.4, 0.5) is 11.5 Å². The molecule has 0 amide bonds. The zero-order chi connectivity index (χ0) is 22.4. The molecule has 0 saturated heterocycles. The van der Waals surface area contributed by atoms with Gasteiger partial charge in [-0.2, -0.15) is 8.42 Å². The summed E-state index contributed by atoms with van der Waals surface area (Å²) in [5.41, 5.74) is 1.28. The second kappa shape index (κ2) is 9.67. The summed E-state index contributed by atoms with van der Waals surface area (Å²) >= 11 is 0. The molecule has 0 aliphatic heterocycles. The summed E-state index contributed by atoms with van der Waals surface area (Å²) in [5.74, 6) is 0.509. The molecule has 10 nitrogen and oxygen atoms in total. The first-order chi connectivity index (χ1) is 14.7. The summed E-state index contributed by atoms with van der Waals surface area (Å²) in [7, 11) is -3.54. The summed E-state index contributed by atoms with van der Waals surface area (Å²) in [6.07, 6.45) is 2.57. The molecule has 31 heavy (non-hydrogen) atoms. The number of nitro benzene ring substituents is 1. The van der Waals surface area contributed by atoms with E-state index in [9.17, 15) is 18.5 Å². The van der Waals surface area contributed by atoms with Crippen LogP contribution in [0, 0.1) is 10.1 Å². The molecule has 3 aromatic rings. The van der Waals surface area contributed by atoms with Crippen molar-refractivity contribution in [2.24, 2.45) is 0 Å². The molecule has 11 heteroatoms. The first kappa shape index (κ1) is 22.4. The van der Waals surface area contributed by atoms with Crippen molar-refractivity contribution in [1.82, 2.24) is 9.97 Å². The monoisotopic (exact) mass is 446 g/mol. The van der Waals surface area contributed by atoms with Gasteiger partial charge >= 0.3 is 5.69 Å². The van der Waals surface area contributed by atoms with Crippen molar-refractivity contribution in [2.75, 3.05) is 24.8 Å². The third kappa shape index (κ3) is 6.09. The Labute approximate surface area is 179 Å². The molecule has 0 aliphatic rings. The van der Waals surface area contributed by atoms with Gasteiger partial charge in [-0.05, 0) is 12.5 Å². The van der Waals surface area contributed by atoms with Crippen molar-refractivity contribution >= 4 is 32.5 Å². The molecule has 1 heterocycles. The molecular weight excluding hydrogens is 424 g/mol. The zero-order valence-corrected chi connectivity index (χ0v) is 17.8. The molecule has 0 aliphatic carbocycles. The molecule has 0 unspecified atom stereocenters. The number of nitrogens with zero attached hydrogens (tertiary/aromatic N) is 3. The molecule has 0 spiro atoms. The van der Waals surface area contributed by atoms with Crippen LogP contribution in [0.25, 0.3) is 10.9 Å². The summed E-state index contributed by atoms with van der Waals surface area (Å²) in [6.45, 7) is 1.94. The van der Waals surface area contributed by atoms with Crippen LogP contribution < -0.4 is 10.1 Å². The van der Waals surface area contributed by atoms with E-state index in [2.05, 4.69) is 19.5 Å². The maximum absolute atomic E-state index is 11.6. The van der Waals surface area contributed by atoms with Crippen molar-refractivity contribution in [2.45, 2.75) is 19.4 Å². The van der Waals surface area contributed by atoms with E-state index in [1.54, 1.807) is 0 Å². The number of aromatic nitrogens is 2. The SMILES string of the molecule is C[C@@H](Nc1ncnc2cc(OCCCOS(C)(=O)=O)c([N+](=O)[O-])cc12)c1ccccc1. The minimum atomic E-state index is -3.54. The van der Waals surface area contributed by atoms with Gasteiger partial charge in [0.15, 0.2) is 5.75 Å². The van der Waals surface area contributed by atoms with Crippen LogP contribution in [-0.2, 0) is 14.3 Å². The second-order valence-corrected chi connectivity index (χ2v) is 8.47. The number of hydrogen-bond donors (Lipinski definition) is 1. The summed E-state index contributed by atoms with van der Waals surface area (Å²) in [6, 6.07) is 12.5. The van der Waals surface area contributed by atoms with Crippen LogP contribution in [0.15, 0.2) is 48.8 Å². The predicted molar refractivity (Wildman–Crippen MR) is 116 cm³/mol. The van der Waals surface area contributed by atoms with E-state index in [0.717, 1.165) is 11.8 Å². The van der Waals surface area contributed by atoms with Crippen LogP contribution in [0.3, 0.4) is 0 Å². The lowest BCUT2D eigenvalue weighted by Gasteiger charge is -2.16. The molecule has 164 valence electrons. The summed E-state index contributed by atoms with van der Waals surface area (Å²) < 4.78 is 32.1. The fourth-order valence-corrected chi connectivity index (χ4v) is 3.35. The average molecular weight is 446 g/mol. The molecule has 0 fully saturated rings. The lowest BCUT2D eigenvalue weighted by Crippen LogP contribution is -2.09. The number of nitro groups is 1. The standard InChI is InChI=1S/C20H22N4O6S/c1-14(15-7-4-3-5-8-15)23-20-16-11-18(24(25)26)19(12-17(16)21-13-22-20)29-9-6-10-30-31(2,27)28/h3-5,7-8,11-14H,6,9-10H2,1-2H3,(H,21,22,23)/t14-/m1/s1. The second-order valence-electron chi connectivity index (χ2n) is 6.82. The summed E-state index contributed by atoms with van der Waals surface area (Å²) in [5, 5.41) is 15.4. The fraction of sp³-hybridized carbons (Fsp3) is 0.300. The molecule has 0 radical (unpaired) electrons. The number of nitrogens with one attached hydrogen (secondary N) is 1. The van der Waals surface area contributed by atoms with E-state index in [-0.39, 0.29) is 37.1 Å². The number of hydrogen-bond acceptors (Lipinski definition) is 9. The highest BCUT2D eigenvalue weighted by molar-refractivity contribution is 7.85. The molecule has 2 aromatic carbocycles. The van der Waals surface area contributed by atoms with Gasteiger partial charge in [-0.25, -0.2) is 9.97 Å². The van der Waals surface area contributed by atoms with Gasteiger partial charge in [-0.1, -0.05) is 30.3 Å². The van der Waals surface area contributed by atoms with Crippen LogP contribution in [0.2, 0.25) is 0 Å². The van der Waals surface area contributed by atoms with Crippen molar-refractivity contribution in [3.05, 3.63) is 64.5 Å². The van der Waals surface area contributed by atoms with Gasteiger partial charge in [0.05, 0.1) is 29.9 Å². The van der Waals surface area contributed by atoms with Crippen molar-refractivity contribution < 1.29 is 22.3 Å². The minimum Gasteiger partial charge on any atom is -0.487 e. The zero-order valence-electron chi connectivity index (χ0n) is 17.0. The van der Waals surface area contributed by atoms with Gasteiger partial charge < -0.3 is 10.1 Å². The number of rotatable bonds is 10. The number of benzene rings is 2. The highest BCUT2D eigenvalue weighted by Gasteiger charge is 2.20. The Kier molecular flexibility index (Phi) is 6.98. The topological polar surface area (TPSA) is 134 Å². The lowest BCUT2D eigenvalue weighted by molar-refractivity contribution is -0.385. The maximum atomic E-state index is 11.6. The first-order valence-electron chi connectivity index (χ1n) is 9.46. The highest BCUT2D eigenvalue weighted by Crippen LogP contribution is 2.34. The molecule has 3 rings (SSSR count). The van der Waals surface area contributed by atoms with E-state index in [1.165, 1.54) is 18.5 Å². The minimum absolute atomic E-state index is 0.0395. The Bertz CT molecular complexity index is 1170. The van der Waals surface area contributed by atoms with Gasteiger partial charge in [0.2, 0.25) is 0 Å². The molecule has 0 saturated carbocycles. The van der Waals surface area contributed by atoms with Gasteiger partial charge in [0, 0.05) is 30.0 Å². The smallest absolute Gasteiger partial charge is 0.311 e. The van der Waals surface area contributed by atoms with E-state index >= 15 is 0 Å². The van der Waals surface area contributed by atoms with E-state index < -0.39 is 15.0 Å². The van der Waals surface area contributed by atoms with Crippen molar-refractivity contribution in [3.63, 3.8) is 0 Å². The van der Waals surface area contributed by atoms with E-state index in [1.807, 2.05) is 37.3 Å². The Hall–Kier alpha value is -3.31. The summed E-state index contributed by atoms with van der Waals surface area (Å²) in [4.78, 5) is 19.5. The van der Waals surface area contributed by atoms with Gasteiger partial charge in [0.25, 0.3) is 10.1 Å². The molecule has 1 N–H and O–H groups in total. The Morgan fingerprint density at radius 2 is 1.90 bits per heavy atom. The van der Waals surface area contributed by atoms with Crippen molar-refractivity contribution in [3.8, 4) is 5.75 Å². The molecule has 1 atom stereocenters. The third-order valence-corrected chi connectivity index (χ3v) is 5.00. The average Bonchev–Trinajstić information content (AvgIpc) is 2.73. The molecule has 0 bridgehead atoms. The van der Waals surface area contributed by atoms with Gasteiger partial charge in [-0.15, -0.1) is 0 Å². The largest absolute Gasteiger partial charge is 0.487 e. The van der Waals surface area contributed by atoms with Crippen molar-refractivity contribution in [1.29, 1.82) is 0 Å². The number of ether oxygens (including phenoxy) is 1. The van der Waals surface area contributed by atoms with Gasteiger partial charge in [0.1, 0.15) is 12.1 Å². The van der Waals surface area contributed by atoms with E-state index in [4.69, 9.17) is 4.74 Å². The van der Waals surface area contributed by atoms with Crippen LogP contribution in [0.5, 0.6) is 5.75 Å². The van der Waals surface area contributed by atoms with Crippen LogP contribution in [0.1, 0.15) is 24.9 Å². The highest BCUT2D eigenvalue weighted by atomic mass is 32.2.